The Balaban J connectivity index is 2.42. The molecule has 0 bridgehead atoms. The summed E-state index contributed by atoms with van der Waals surface area (Å²) in [4.78, 5) is 4.12. The summed E-state index contributed by atoms with van der Waals surface area (Å²) in [6.07, 6.45) is 0.834. The van der Waals surface area contributed by atoms with Crippen LogP contribution in [0.3, 0.4) is 0 Å². The Morgan fingerprint density at radius 2 is 1.80 bits per heavy atom. The van der Waals surface area contributed by atoms with Crippen LogP contribution in [0.4, 0.5) is 0 Å². The van der Waals surface area contributed by atoms with Crippen LogP contribution >= 0.6 is 0 Å². The zero-order valence-corrected chi connectivity index (χ0v) is 12.2. The molecule has 0 aliphatic heterocycles. The van der Waals surface area contributed by atoms with E-state index in [1.54, 1.807) is 32.5 Å². The number of aliphatic hydroxyl groups is 1. The summed E-state index contributed by atoms with van der Waals surface area (Å²) in [6, 6.07) is 7.39. The van der Waals surface area contributed by atoms with E-state index in [4.69, 9.17) is 9.47 Å². The molecule has 0 saturated carbocycles. The molecule has 0 fully saturated rings. The Kier molecular flexibility index (Phi) is 4.25. The minimum Gasteiger partial charge on any atom is -0.496 e. The van der Waals surface area contributed by atoms with Crippen LogP contribution < -0.4 is 9.47 Å². The first-order valence-corrected chi connectivity index (χ1v) is 6.40. The van der Waals surface area contributed by atoms with Crippen molar-refractivity contribution in [1.29, 1.82) is 0 Å². The molecule has 2 rings (SSSR count). The number of aryl methyl sites for hydroxylation is 1. The molecule has 0 radical (unpaired) electrons. The number of hydrogen-bond donors (Lipinski definition) is 1. The number of aromatic nitrogens is 1. The molecule has 1 heterocycles. The van der Waals surface area contributed by atoms with Crippen LogP contribution in [0.1, 0.15) is 28.4 Å². The second-order valence-corrected chi connectivity index (χ2v) is 4.67. The number of rotatable bonds is 4. The first-order valence-electron chi connectivity index (χ1n) is 6.40. The molecule has 1 atom stereocenters. The largest absolute Gasteiger partial charge is 0.496 e. The van der Waals surface area contributed by atoms with Crippen LogP contribution in [0.5, 0.6) is 11.6 Å². The normalized spacial score (nSPS) is 12.1. The molecular formula is C16H19NO3. The number of methoxy groups -OCH3 is 2. The van der Waals surface area contributed by atoms with Crippen molar-refractivity contribution in [2.24, 2.45) is 0 Å². The Bertz CT molecular complexity index is 593. The van der Waals surface area contributed by atoms with E-state index in [1.807, 2.05) is 26.0 Å². The van der Waals surface area contributed by atoms with Crippen molar-refractivity contribution in [3.05, 3.63) is 52.7 Å². The van der Waals surface area contributed by atoms with Gasteiger partial charge in [-0.05, 0) is 31.0 Å². The van der Waals surface area contributed by atoms with Gasteiger partial charge in [0.1, 0.15) is 11.9 Å². The van der Waals surface area contributed by atoms with Crippen LogP contribution in [0.25, 0.3) is 0 Å². The fourth-order valence-corrected chi connectivity index (χ4v) is 2.15. The van der Waals surface area contributed by atoms with Crippen molar-refractivity contribution < 1.29 is 14.6 Å². The summed E-state index contributed by atoms with van der Waals surface area (Å²) >= 11 is 0. The maximum Gasteiger partial charge on any atom is 0.212 e. The Morgan fingerprint density at radius 1 is 1.05 bits per heavy atom. The zero-order valence-electron chi connectivity index (χ0n) is 12.2. The van der Waals surface area contributed by atoms with Gasteiger partial charge in [0.2, 0.25) is 5.88 Å². The molecule has 0 aliphatic carbocycles. The quantitative estimate of drug-likeness (QED) is 0.930. The highest BCUT2D eigenvalue weighted by molar-refractivity contribution is 5.48. The number of aliphatic hydroxyl groups excluding tert-OH is 1. The lowest BCUT2D eigenvalue weighted by Gasteiger charge is -2.18. The molecule has 0 saturated heterocycles. The SMILES string of the molecule is COc1ccc(C(O)c2ccc(C)c(C)c2OC)cn1. The minimum absolute atomic E-state index is 0.521. The fourth-order valence-electron chi connectivity index (χ4n) is 2.15. The summed E-state index contributed by atoms with van der Waals surface area (Å²) in [5.74, 6) is 1.24. The van der Waals surface area contributed by atoms with Crippen molar-refractivity contribution in [2.45, 2.75) is 20.0 Å². The lowest BCUT2D eigenvalue weighted by molar-refractivity contribution is 0.214. The van der Waals surface area contributed by atoms with Gasteiger partial charge in [-0.3, -0.25) is 0 Å². The van der Waals surface area contributed by atoms with Crippen LogP contribution in [0, 0.1) is 13.8 Å². The van der Waals surface area contributed by atoms with Gasteiger partial charge in [0.25, 0.3) is 0 Å². The van der Waals surface area contributed by atoms with Crippen LogP contribution in [0.15, 0.2) is 30.5 Å². The van der Waals surface area contributed by atoms with E-state index in [0.29, 0.717) is 17.2 Å². The third-order valence-electron chi connectivity index (χ3n) is 3.49. The molecule has 1 N–H and O–H groups in total. The number of pyridine rings is 1. The van der Waals surface area contributed by atoms with Gasteiger partial charge in [-0.25, -0.2) is 4.98 Å². The first kappa shape index (κ1) is 14.3. The predicted octanol–water partition coefficient (Wildman–Crippen LogP) is 2.80. The number of hydrogen-bond acceptors (Lipinski definition) is 4. The summed E-state index contributed by atoms with van der Waals surface area (Å²) in [5, 5.41) is 10.5. The van der Waals surface area contributed by atoms with E-state index < -0.39 is 6.10 Å². The van der Waals surface area contributed by atoms with E-state index in [1.165, 1.54) is 0 Å². The van der Waals surface area contributed by atoms with Crippen molar-refractivity contribution in [2.75, 3.05) is 14.2 Å². The van der Waals surface area contributed by atoms with Crippen molar-refractivity contribution >= 4 is 0 Å². The minimum atomic E-state index is -0.775. The molecular weight excluding hydrogens is 254 g/mol. The van der Waals surface area contributed by atoms with Crippen LogP contribution in [0.2, 0.25) is 0 Å². The lowest BCUT2D eigenvalue weighted by Crippen LogP contribution is -2.05. The van der Waals surface area contributed by atoms with E-state index in [2.05, 4.69) is 4.98 Å². The fraction of sp³-hybridized carbons (Fsp3) is 0.312. The van der Waals surface area contributed by atoms with Crippen molar-refractivity contribution in [3.63, 3.8) is 0 Å². The smallest absolute Gasteiger partial charge is 0.212 e. The molecule has 0 spiro atoms. The first-order chi connectivity index (χ1) is 9.58. The number of benzene rings is 1. The van der Waals surface area contributed by atoms with E-state index >= 15 is 0 Å². The third kappa shape index (κ3) is 2.60. The van der Waals surface area contributed by atoms with Gasteiger partial charge in [-0.1, -0.05) is 12.1 Å². The molecule has 0 amide bonds. The summed E-state index contributed by atoms with van der Waals surface area (Å²) in [6.45, 7) is 4.00. The van der Waals surface area contributed by atoms with Crippen LogP contribution in [-0.2, 0) is 0 Å². The van der Waals surface area contributed by atoms with Crippen LogP contribution in [-0.4, -0.2) is 24.3 Å². The predicted molar refractivity (Wildman–Crippen MR) is 77.3 cm³/mol. The third-order valence-corrected chi connectivity index (χ3v) is 3.49. The highest BCUT2D eigenvalue weighted by Gasteiger charge is 2.18. The molecule has 1 aromatic carbocycles. The van der Waals surface area contributed by atoms with Gasteiger partial charge < -0.3 is 14.6 Å². The average molecular weight is 273 g/mol. The Morgan fingerprint density at radius 3 is 2.35 bits per heavy atom. The van der Waals surface area contributed by atoms with Gasteiger partial charge >= 0.3 is 0 Å². The molecule has 4 nitrogen and oxygen atoms in total. The number of nitrogens with zero attached hydrogens (tertiary/aromatic N) is 1. The lowest BCUT2D eigenvalue weighted by atomic mass is 9.97. The van der Waals surface area contributed by atoms with Gasteiger partial charge in [0, 0.05) is 23.4 Å². The zero-order chi connectivity index (χ0) is 14.7. The molecule has 20 heavy (non-hydrogen) atoms. The maximum absolute atomic E-state index is 10.5. The Labute approximate surface area is 119 Å². The second-order valence-electron chi connectivity index (χ2n) is 4.67. The molecule has 1 aromatic heterocycles. The summed E-state index contributed by atoms with van der Waals surface area (Å²) in [5.41, 5.74) is 3.60. The maximum atomic E-state index is 10.5. The van der Waals surface area contributed by atoms with Crippen molar-refractivity contribution in [1.82, 2.24) is 4.98 Å². The van der Waals surface area contributed by atoms with Gasteiger partial charge in [0.05, 0.1) is 14.2 Å². The standard InChI is InChI=1S/C16H19NO3/c1-10-5-7-13(16(20-4)11(10)2)15(18)12-6-8-14(19-3)17-9-12/h5-9,15,18H,1-4H3. The Hall–Kier alpha value is -2.07. The number of ether oxygens (including phenoxy) is 2. The molecule has 4 heteroatoms. The summed E-state index contributed by atoms with van der Waals surface area (Å²) in [7, 11) is 3.18. The molecule has 2 aromatic rings. The molecule has 0 aliphatic rings. The summed E-state index contributed by atoms with van der Waals surface area (Å²) < 4.78 is 10.5. The highest BCUT2D eigenvalue weighted by atomic mass is 16.5. The monoisotopic (exact) mass is 273 g/mol. The second kappa shape index (κ2) is 5.92. The van der Waals surface area contributed by atoms with Gasteiger partial charge in [-0.15, -0.1) is 0 Å². The van der Waals surface area contributed by atoms with E-state index in [-0.39, 0.29) is 0 Å². The topological polar surface area (TPSA) is 51.6 Å². The van der Waals surface area contributed by atoms with Gasteiger partial charge in [-0.2, -0.15) is 0 Å². The van der Waals surface area contributed by atoms with E-state index in [9.17, 15) is 5.11 Å². The van der Waals surface area contributed by atoms with Gasteiger partial charge in [0.15, 0.2) is 0 Å². The van der Waals surface area contributed by atoms with E-state index in [0.717, 1.165) is 16.7 Å². The highest BCUT2D eigenvalue weighted by Crippen LogP contribution is 2.34. The molecule has 1 unspecified atom stereocenters. The average Bonchev–Trinajstić information content (AvgIpc) is 2.49. The van der Waals surface area contributed by atoms with Crippen molar-refractivity contribution in [3.8, 4) is 11.6 Å². The molecule has 106 valence electrons.